The van der Waals surface area contributed by atoms with Crippen LogP contribution in [0.4, 0.5) is 13.2 Å². The van der Waals surface area contributed by atoms with Gasteiger partial charge in [-0.15, -0.1) is 0 Å². The van der Waals surface area contributed by atoms with Crippen molar-refractivity contribution in [3.05, 3.63) is 0 Å². The van der Waals surface area contributed by atoms with E-state index < -0.39 is 12.6 Å². The zero-order chi connectivity index (χ0) is 12.2. The van der Waals surface area contributed by atoms with Crippen molar-refractivity contribution in [3.8, 4) is 0 Å². The summed E-state index contributed by atoms with van der Waals surface area (Å²) in [6.45, 7) is 3.84. The third kappa shape index (κ3) is 4.70. The molecule has 2 nitrogen and oxygen atoms in total. The number of likely N-dealkylation sites (tertiary alicyclic amines) is 1. The lowest BCUT2D eigenvalue weighted by molar-refractivity contribution is -0.138. The highest BCUT2D eigenvalue weighted by Crippen LogP contribution is 2.23. The molecule has 0 aromatic carbocycles. The predicted molar refractivity (Wildman–Crippen MR) is 58.4 cm³/mol. The fourth-order valence-corrected chi connectivity index (χ4v) is 2.22. The summed E-state index contributed by atoms with van der Waals surface area (Å²) >= 11 is 0. The molecule has 96 valence electrons. The maximum Gasteiger partial charge on any atom is 0.390 e. The van der Waals surface area contributed by atoms with Gasteiger partial charge >= 0.3 is 6.18 Å². The van der Waals surface area contributed by atoms with Crippen LogP contribution in [0.5, 0.6) is 0 Å². The average Bonchev–Trinajstić information content (AvgIpc) is 2.25. The highest BCUT2D eigenvalue weighted by Gasteiger charge is 2.30. The van der Waals surface area contributed by atoms with E-state index in [2.05, 4.69) is 12.2 Å². The Labute approximate surface area is 95.2 Å². The molecule has 5 heteroatoms. The van der Waals surface area contributed by atoms with Crippen LogP contribution in [0, 0.1) is 5.92 Å². The summed E-state index contributed by atoms with van der Waals surface area (Å²) in [7, 11) is 1.90. The Hall–Kier alpha value is -0.290. The van der Waals surface area contributed by atoms with E-state index in [1.54, 1.807) is 0 Å². The summed E-state index contributed by atoms with van der Waals surface area (Å²) < 4.78 is 36.3. The fourth-order valence-electron chi connectivity index (χ4n) is 2.22. The summed E-state index contributed by atoms with van der Waals surface area (Å²) in [6.07, 6.45) is -2.59. The monoisotopic (exact) mass is 238 g/mol. The summed E-state index contributed by atoms with van der Waals surface area (Å²) in [5, 5.41) is 3.18. The van der Waals surface area contributed by atoms with Gasteiger partial charge in [-0.1, -0.05) is 0 Å². The van der Waals surface area contributed by atoms with Crippen molar-refractivity contribution in [2.24, 2.45) is 5.92 Å². The minimum atomic E-state index is -4.03. The first kappa shape index (κ1) is 13.8. The Morgan fingerprint density at radius 1 is 1.44 bits per heavy atom. The van der Waals surface area contributed by atoms with Crippen molar-refractivity contribution < 1.29 is 13.2 Å². The highest BCUT2D eigenvalue weighted by atomic mass is 19.4. The molecule has 0 bridgehead atoms. The van der Waals surface area contributed by atoms with Gasteiger partial charge in [0.15, 0.2) is 0 Å². The maximum atomic E-state index is 12.1. The van der Waals surface area contributed by atoms with E-state index in [9.17, 15) is 13.2 Å². The molecular weight excluding hydrogens is 217 g/mol. The number of hydrogen-bond donors (Lipinski definition) is 1. The van der Waals surface area contributed by atoms with Crippen LogP contribution in [-0.4, -0.2) is 43.8 Å². The smallest absolute Gasteiger partial charge is 0.317 e. The predicted octanol–water partition coefficient (Wildman–Crippen LogP) is 2.26. The maximum absolute atomic E-state index is 12.1. The first-order valence-electron chi connectivity index (χ1n) is 5.89. The lowest BCUT2D eigenvalue weighted by Crippen LogP contribution is -2.44. The van der Waals surface area contributed by atoms with E-state index in [4.69, 9.17) is 0 Å². The van der Waals surface area contributed by atoms with Crippen molar-refractivity contribution in [3.63, 3.8) is 0 Å². The lowest BCUT2D eigenvalue weighted by atomic mass is 9.91. The second kappa shape index (κ2) is 5.87. The summed E-state index contributed by atoms with van der Waals surface area (Å²) in [6, 6.07) is 0.383. The average molecular weight is 238 g/mol. The molecule has 16 heavy (non-hydrogen) atoms. The van der Waals surface area contributed by atoms with Crippen LogP contribution in [-0.2, 0) is 0 Å². The molecule has 0 saturated carbocycles. The summed E-state index contributed by atoms with van der Waals surface area (Å²) in [5.74, 6) is 0.479. The van der Waals surface area contributed by atoms with Gasteiger partial charge in [0.2, 0.25) is 0 Å². The summed E-state index contributed by atoms with van der Waals surface area (Å²) in [5.41, 5.74) is 0. The molecule has 0 radical (unpaired) electrons. The van der Waals surface area contributed by atoms with Crippen LogP contribution in [0.2, 0.25) is 0 Å². The van der Waals surface area contributed by atoms with E-state index >= 15 is 0 Å². The molecule has 0 aromatic rings. The van der Waals surface area contributed by atoms with Crippen molar-refractivity contribution in [2.75, 3.05) is 26.7 Å². The van der Waals surface area contributed by atoms with Crippen molar-refractivity contribution >= 4 is 0 Å². The van der Waals surface area contributed by atoms with E-state index in [-0.39, 0.29) is 6.54 Å². The molecule has 1 aliphatic rings. The van der Waals surface area contributed by atoms with Crippen molar-refractivity contribution in [2.45, 2.75) is 38.4 Å². The van der Waals surface area contributed by atoms with Crippen LogP contribution < -0.4 is 5.32 Å². The molecule has 1 saturated heterocycles. The van der Waals surface area contributed by atoms with Gasteiger partial charge in [-0.05, 0) is 39.3 Å². The minimum absolute atomic E-state index is 0.149. The van der Waals surface area contributed by atoms with Crippen LogP contribution in [0.25, 0.3) is 0 Å². The topological polar surface area (TPSA) is 15.3 Å². The van der Waals surface area contributed by atoms with Gasteiger partial charge in [0.05, 0.1) is 6.42 Å². The van der Waals surface area contributed by atoms with Gasteiger partial charge < -0.3 is 10.2 Å². The SMILES string of the molecule is CNC(C)C1CCCN(CCC(F)(F)F)C1. The molecule has 0 aromatic heterocycles. The molecule has 0 aliphatic carbocycles. The number of nitrogens with zero attached hydrogens (tertiary/aromatic N) is 1. The van der Waals surface area contributed by atoms with E-state index in [0.717, 1.165) is 25.9 Å². The number of piperidine rings is 1. The van der Waals surface area contributed by atoms with Gasteiger partial charge in [-0.3, -0.25) is 0 Å². The Morgan fingerprint density at radius 3 is 2.69 bits per heavy atom. The number of halogens is 3. The lowest BCUT2D eigenvalue weighted by Gasteiger charge is -2.35. The number of rotatable bonds is 4. The molecule has 1 fully saturated rings. The fraction of sp³-hybridized carbons (Fsp3) is 1.00. The van der Waals surface area contributed by atoms with E-state index in [1.807, 2.05) is 11.9 Å². The van der Waals surface area contributed by atoms with Crippen LogP contribution >= 0.6 is 0 Å². The van der Waals surface area contributed by atoms with Gasteiger partial charge in [-0.2, -0.15) is 13.2 Å². The molecule has 1 N–H and O–H groups in total. The third-order valence-electron chi connectivity index (χ3n) is 3.42. The summed E-state index contributed by atoms with van der Waals surface area (Å²) in [4.78, 5) is 1.94. The molecule has 1 heterocycles. The van der Waals surface area contributed by atoms with E-state index in [1.165, 1.54) is 0 Å². The van der Waals surface area contributed by atoms with Crippen LogP contribution in [0.15, 0.2) is 0 Å². The molecule has 0 spiro atoms. The molecule has 2 unspecified atom stereocenters. The van der Waals surface area contributed by atoms with E-state index in [0.29, 0.717) is 12.0 Å². The molecule has 1 aliphatic heterocycles. The van der Waals surface area contributed by atoms with Gasteiger partial charge in [-0.25, -0.2) is 0 Å². The molecular formula is C11H21F3N2. The van der Waals surface area contributed by atoms with Gasteiger partial charge in [0.1, 0.15) is 0 Å². The quantitative estimate of drug-likeness (QED) is 0.808. The normalized spacial score (nSPS) is 25.7. The van der Waals surface area contributed by atoms with Gasteiger partial charge in [0.25, 0.3) is 0 Å². The highest BCUT2D eigenvalue weighted by molar-refractivity contribution is 4.79. The molecule has 2 atom stereocenters. The largest absolute Gasteiger partial charge is 0.390 e. The first-order valence-corrected chi connectivity index (χ1v) is 5.89. The number of alkyl halides is 3. The Bertz CT molecular complexity index is 206. The molecule has 1 rings (SSSR count). The Morgan fingerprint density at radius 2 is 2.12 bits per heavy atom. The van der Waals surface area contributed by atoms with Crippen LogP contribution in [0.1, 0.15) is 26.2 Å². The van der Waals surface area contributed by atoms with Crippen molar-refractivity contribution in [1.82, 2.24) is 10.2 Å². The zero-order valence-corrected chi connectivity index (χ0v) is 9.98. The van der Waals surface area contributed by atoms with Gasteiger partial charge in [0, 0.05) is 19.1 Å². The Balaban J connectivity index is 2.33. The zero-order valence-electron chi connectivity index (χ0n) is 9.98. The van der Waals surface area contributed by atoms with Crippen LogP contribution in [0.3, 0.4) is 0 Å². The standard InChI is InChI=1S/C11H21F3N2/c1-9(15-2)10-4-3-6-16(8-10)7-5-11(12,13)14/h9-10,15H,3-8H2,1-2H3. The first-order chi connectivity index (χ1) is 7.42. The molecule has 0 amide bonds. The number of nitrogens with one attached hydrogen (secondary N) is 1. The minimum Gasteiger partial charge on any atom is -0.317 e. The second-order valence-electron chi connectivity index (χ2n) is 4.65. The number of hydrogen-bond acceptors (Lipinski definition) is 2. The Kier molecular flexibility index (Phi) is 5.05. The third-order valence-corrected chi connectivity index (χ3v) is 3.42. The van der Waals surface area contributed by atoms with Crippen molar-refractivity contribution in [1.29, 1.82) is 0 Å². The second-order valence-corrected chi connectivity index (χ2v) is 4.65.